The molecule has 1 aliphatic carbocycles. The highest BCUT2D eigenvalue weighted by Gasteiger charge is 2.17. The van der Waals surface area contributed by atoms with Gasteiger partial charge in [0.15, 0.2) is 17.5 Å². The van der Waals surface area contributed by atoms with Gasteiger partial charge in [0.25, 0.3) is 0 Å². The summed E-state index contributed by atoms with van der Waals surface area (Å²) in [6, 6.07) is 1.83. The van der Waals surface area contributed by atoms with Gasteiger partial charge in [0.1, 0.15) is 0 Å². The first-order chi connectivity index (χ1) is 9.58. The standard InChI is InChI=1S/C15H18F3NO/c16-11-7-8-12(15(18)14(11)17)19-13(20)9-6-10-4-2-1-3-5-10/h7-8,10H,1-6,9H2,(H,19,20). The lowest BCUT2D eigenvalue weighted by Gasteiger charge is -2.21. The van der Waals surface area contributed by atoms with Gasteiger partial charge in [-0.05, 0) is 24.5 Å². The molecule has 0 saturated heterocycles. The van der Waals surface area contributed by atoms with Crippen LogP contribution >= 0.6 is 0 Å². The van der Waals surface area contributed by atoms with E-state index in [2.05, 4.69) is 5.32 Å². The van der Waals surface area contributed by atoms with Crippen molar-refractivity contribution >= 4 is 11.6 Å². The third kappa shape index (κ3) is 3.74. The minimum Gasteiger partial charge on any atom is -0.324 e. The number of anilines is 1. The number of halogens is 3. The van der Waals surface area contributed by atoms with Gasteiger partial charge in [-0.3, -0.25) is 4.79 Å². The van der Waals surface area contributed by atoms with Crippen LogP contribution in [0.4, 0.5) is 18.9 Å². The zero-order valence-corrected chi connectivity index (χ0v) is 11.2. The molecule has 1 fully saturated rings. The Morgan fingerprint density at radius 2 is 1.80 bits per heavy atom. The summed E-state index contributed by atoms with van der Waals surface area (Å²) in [6.45, 7) is 0. The highest BCUT2D eigenvalue weighted by molar-refractivity contribution is 5.90. The van der Waals surface area contributed by atoms with Crippen LogP contribution in [-0.2, 0) is 4.79 Å². The van der Waals surface area contributed by atoms with Crippen LogP contribution in [0.25, 0.3) is 0 Å². The van der Waals surface area contributed by atoms with E-state index in [0.29, 0.717) is 5.92 Å². The van der Waals surface area contributed by atoms with E-state index in [1.165, 1.54) is 19.3 Å². The van der Waals surface area contributed by atoms with Crippen molar-refractivity contribution in [2.75, 3.05) is 5.32 Å². The van der Waals surface area contributed by atoms with Crippen molar-refractivity contribution in [3.63, 3.8) is 0 Å². The van der Waals surface area contributed by atoms with Gasteiger partial charge in [-0.25, -0.2) is 13.2 Å². The van der Waals surface area contributed by atoms with Crippen LogP contribution in [0.1, 0.15) is 44.9 Å². The molecule has 2 nitrogen and oxygen atoms in total. The summed E-state index contributed by atoms with van der Waals surface area (Å²) in [7, 11) is 0. The summed E-state index contributed by atoms with van der Waals surface area (Å²) >= 11 is 0. The predicted molar refractivity (Wildman–Crippen MR) is 70.8 cm³/mol. The molecule has 1 aliphatic rings. The Balaban J connectivity index is 1.86. The molecule has 0 atom stereocenters. The van der Waals surface area contributed by atoms with Crippen molar-refractivity contribution in [2.45, 2.75) is 44.9 Å². The number of carbonyl (C=O) groups is 1. The Labute approximate surface area is 116 Å². The highest BCUT2D eigenvalue weighted by Crippen LogP contribution is 2.27. The molecule has 2 rings (SSSR count). The van der Waals surface area contributed by atoms with Gasteiger partial charge < -0.3 is 5.32 Å². The Bertz CT molecular complexity index is 484. The number of nitrogens with one attached hydrogen (secondary N) is 1. The van der Waals surface area contributed by atoms with E-state index in [-0.39, 0.29) is 18.0 Å². The molecule has 0 aliphatic heterocycles. The molecule has 0 unspecified atom stereocenters. The van der Waals surface area contributed by atoms with Crippen molar-refractivity contribution < 1.29 is 18.0 Å². The van der Waals surface area contributed by atoms with Gasteiger partial charge >= 0.3 is 0 Å². The average molecular weight is 285 g/mol. The largest absolute Gasteiger partial charge is 0.324 e. The van der Waals surface area contributed by atoms with Crippen LogP contribution in [0, 0.1) is 23.4 Å². The van der Waals surface area contributed by atoms with E-state index in [9.17, 15) is 18.0 Å². The van der Waals surface area contributed by atoms with Gasteiger partial charge in [-0.2, -0.15) is 0 Å². The van der Waals surface area contributed by atoms with Crippen molar-refractivity contribution in [3.8, 4) is 0 Å². The minimum atomic E-state index is -1.56. The normalized spacial score (nSPS) is 16.1. The second-order valence-electron chi connectivity index (χ2n) is 5.31. The van der Waals surface area contributed by atoms with Crippen LogP contribution in [-0.4, -0.2) is 5.91 Å². The van der Waals surface area contributed by atoms with E-state index in [1.54, 1.807) is 0 Å². The first-order valence-corrected chi connectivity index (χ1v) is 7.01. The second kappa shape index (κ2) is 6.77. The number of hydrogen-bond acceptors (Lipinski definition) is 1. The summed E-state index contributed by atoms with van der Waals surface area (Å²) < 4.78 is 39.2. The molecule has 0 heterocycles. The van der Waals surface area contributed by atoms with Gasteiger partial charge in [0, 0.05) is 6.42 Å². The monoisotopic (exact) mass is 285 g/mol. The molecule has 1 amide bonds. The molecular formula is C15H18F3NO. The number of rotatable bonds is 4. The van der Waals surface area contributed by atoms with Crippen molar-refractivity contribution in [3.05, 3.63) is 29.6 Å². The molecule has 110 valence electrons. The molecular weight excluding hydrogens is 267 g/mol. The summed E-state index contributed by atoms with van der Waals surface area (Å²) in [5.41, 5.74) is -0.308. The number of amides is 1. The molecule has 1 saturated carbocycles. The fraction of sp³-hybridized carbons (Fsp3) is 0.533. The highest BCUT2D eigenvalue weighted by atomic mass is 19.2. The summed E-state index contributed by atoms with van der Waals surface area (Å²) in [6.07, 6.45) is 6.96. The molecule has 1 aromatic rings. The quantitative estimate of drug-likeness (QED) is 0.816. The van der Waals surface area contributed by atoms with Crippen LogP contribution in [0.2, 0.25) is 0 Å². The fourth-order valence-electron chi connectivity index (χ4n) is 2.65. The first-order valence-electron chi connectivity index (χ1n) is 7.01. The lowest BCUT2D eigenvalue weighted by Crippen LogP contribution is -2.16. The van der Waals surface area contributed by atoms with Gasteiger partial charge in [-0.15, -0.1) is 0 Å². The van der Waals surface area contributed by atoms with Crippen molar-refractivity contribution in [1.82, 2.24) is 0 Å². The lowest BCUT2D eigenvalue weighted by molar-refractivity contribution is -0.116. The topological polar surface area (TPSA) is 29.1 Å². The lowest BCUT2D eigenvalue weighted by atomic mass is 9.86. The van der Waals surface area contributed by atoms with Crippen molar-refractivity contribution in [2.24, 2.45) is 5.92 Å². The van der Waals surface area contributed by atoms with E-state index >= 15 is 0 Å². The first kappa shape index (κ1) is 14.9. The van der Waals surface area contributed by atoms with Gasteiger partial charge in [0.05, 0.1) is 5.69 Å². The Morgan fingerprint density at radius 1 is 1.10 bits per heavy atom. The average Bonchev–Trinajstić information content (AvgIpc) is 2.47. The predicted octanol–water partition coefficient (Wildman–Crippen LogP) is 4.40. The van der Waals surface area contributed by atoms with Crippen LogP contribution in [0.5, 0.6) is 0 Å². The number of carbonyl (C=O) groups excluding carboxylic acids is 1. The molecule has 0 radical (unpaired) electrons. The third-order valence-corrected chi connectivity index (χ3v) is 3.81. The van der Waals surface area contributed by atoms with E-state index in [1.807, 2.05) is 0 Å². The zero-order valence-electron chi connectivity index (χ0n) is 11.2. The molecule has 1 N–H and O–H groups in total. The number of hydrogen-bond donors (Lipinski definition) is 1. The molecule has 0 spiro atoms. The fourth-order valence-corrected chi connectivity index (χ4v) is 2.65. The molecule has 0 aromatic heterocycles. The van der Waals surface area contributed by atoms with Crippen LogP contribution in [0.15, 0.2) is 12.1 Å². The molecule has 20 heavy (non-hydrogen) atoms. The molecule has 0 bridgehead atoms. The second-order valence-corrected chi connectivity index (χ2v) is 5.31. The van der Waals surface area contributed by atoms with E-state index in [4.69, 9.17) is 0 Å². The minimum absolute atomic E-state index is 0.281. The maximum atomic E-state index is 13.4. The Morgan fingerprint density at radius 3 is 2.50 bits per heavy atom. The maximum absolute atomic E-state index is 13.4. The summed E-state index contributed by atoms with van der Waals surface area (Å²) in [4.78, 5) is 11.7. The third-order valence-electron chi connectivity index (χ3n) is 3.81. The van der Waals surface area contributed by atoms with E-state index in [0.717, 1.165) is 31.4 Å². The summed E-state index contributed by atoms with van der Waals surface area (Å²) in [5.74, 6) is -3.99. The number of benzene rings is 1. The smallest absolute Gasteiger partial charge is 0.224 e. The van der Waals surface area contributed by atoms with Crippen LogP contribution in [0.3, 0.4) is 0 Å². The maximum Gasteiger partial charge on any atom is 0.224 e. The van der Waals surface area contributed by atoms with Crippen molar-refractivity contribution in [1.29, 1.82) is 0 Å². The van der Waals surface area contributed by atoms with E-state index < -0.39 is 17.5 Å². The van der Waals surface area contributed by atoms with Gasteiger partial charge in [0.2, 0.25) is 5.91 Å². The summed E-state index contributed by atoms with van der Waals surface area (Å²) in [5, 5.41) is 2.30. The zero-order chi connectivity index (χ0) is 14.5. The SMILES string of the molecule is O=C(CCC1CCCCC1)Nc1ccc(F)c(F)c1F. The molecule has 5 heteroatoms. The molecule has 1 aromatic carbocycles. The Kier molecular flexibility index (Phi) is 5.04. The Hall–Kier alpha value is -1.52. The van der Waals surface area contributed by atoms with Gasteiger partial charge in [-0.1, -0.05) is 32.1 Å². The van der Waals surface area contributed by atoms with Crippen LogP contribution < -0.4 is 5.32 Å².